The van der Waals surface area contributed by atoms with Crippen LogP contribution in [0.25, 0.3) is 0 Å². The quantitative estimate of drug-likeness (QED) is 0.640. The summed E-state index contributed by atoms with van der Waals surface area (Å²) in [6.45, 7) is -1.58. The first-order valence-corrected chi connectivity index (χ1v) is 7.13. The molecule has 1 heterocycles. The fourth-order valence-electron chi connectivity index (χ4n) is 3.07. The average Bonchev–Trinajstić information content (AvgIpc) is 2.58. The van der Waals surface area contributed by atoms with Crippen molar-refractivity contribution in [3.8, 4) is 0 Å². The van der Waals surface area contributed by atoms with Crippen molar-refractivity contribution in [2.75, 3.05) is 19.8 Å². The van der Waals surface area contributed by atoms with E-state index in [1.54, 1.807) is 0 Å². The zero-order valence-electron chi connectivity index (χ0n) is 11.7. The van der Waals surface area contributed by atoms with Crippen molar-refractivity contribution in [3.63, 3.8) is 0 Å². The number of ether oxygens (including phenoxy) is 1. The van der Waals surface area contributed by atoms with E-state index in [1.807, 2.05) is 0 Å². The van der Waals surface area contributed by atoms with Crippen LogP contribution in [-0.2, 0) is 9.53 Å². The van der Waals surface area contributed by atoms with Crippen LogP contribution < -0.4 is 5.32 Å². The molecule has 1 aliphatic carbocycles. The van der Waals surface area contributed by atoms with Crippen molar-refractivity contribution in [1.82, 2.24) is 10.2 Å². The Balaban J connectivity index is 1.98. The summed E-state index contributed by atoms with van der Waals surface area (Å²) in [6.07, 6.45) is 0.404. The topological polar surface area (TPSA) is 58.6 Å². The normalized spacial score (nSPS) is 22.5. The minimum absolute atomic E-state index is 0.00630. The Hall–Kier alpha value is -1.31. The van der Waals surface area contributed by atoms with Gasteiger partial charge in [-0.05, 0) is 12.8 Å². The van der Waals surface area contributed by atoms with Crippen molar-refractivity contribution in [2.45, 2.75) is 50.2 Å². The van der Waals surface area contributed by atoms with Crippen LogP contribution in [0.3, 0.4) is 0 Å². The van der Waals surface area contributed by atoms with E-state index in [2.05, 4.69) is 10.1 Å². The average molecular weight is 308 g/mol. The first kappa shape index (κ1) is 16.1. The molecule has 0 aromatic carbocycles. The lowest BCUT2D eigenvalue weighted by Gasteiger charge is -2.34. The molecule has 0 atom stereocenters. The zero-order chi connectivity index (χ0) is 15.5. The second kappa shape index (κ2) is 6.21. The molecule has 1 saturated heterocycles. The number of hydrogen-bond donors (Lipinski definition) is 1. The number of amides is 3. The van der Waals surface area contributed by atoms with Gasteiger partial charge in [0.2, 0.25) is 0 Å². The molecule has 1 aliphatic heterocycles. The van der Waals surface area contributed by atoms with E-state index in [-0.39, 0.29) is 19.1 Å². The van der Waals surface area contributed by atoms with Gasteiger partial charge in [0.05, 0.1) is 6.61 Å². The number of imide groups is 1. The van der Waals surface area contributed by atoms with E-state index < -0.39 is 24.4 Å². The molecule has 0 unspecified atom stereocenters. The SMILES string of the molecule is O=C1NC(=O)C2(CCCCCC2)N1CCOCC(F)(F)F. The van der Waals surface area contributed by atoms with Gasteiger partial charge in [-0.1, -0.05) is 25.7 Å². The van der Waals surface area contributed by atoms with Gasteiger partial charge in [0.1, 0.15) is 12.1 Å². The van der Waals surface area contributed by atoms with E-state index in [1.165, 1.54) is 4.90 Å². The molecule has 8 heteroatoms. The molecule has 120 valence electrons. The maximum atomic E-state index is 12.1. The lowest BCUT2D eigenvalue weighted by Crippen LogP contribution is -2.50. The number of hydrogen-bond acceptors (Lipinski definition) is 3. The first-order valence-electron chi connectivity index (χ1n) is 7.13. The molecular weight excluding hydrogens is 289 g/mol. The largest absolute Gasteiger partial charge is 0.411 e. The van der Waals surface area contributed by atoms with Crippen LogP contribution in [0.1, 0.15) is 38.5 Å². The minimum atomic E-state index is -4.39. The third-order valence-corrected chi connectivity index (χ3v) is 4.06. The van der Waals surface area contributed by atoms with Gasteiger partial charge in [0.25, 0.3) is 5.91 Å². The highest BCUT2D eigenvalue weighted by Gasteiger charge is 2.52. The number of urea groups is 1. The number of carbonyl (C=O) groups excluding carboxylic acids is 2. The summed E-state index contributed by atoms with van der Waals surface area (Å²) in [7, 11) is 0. The molecule has 2 rings (SSSR count). The van der Waals surface area contributed by atoms with Crippen LogP contribution in [0, 0.1) is 0 Å². The van der Waals surface area contributed by atoms with Crippen LogP contribution in [0.4, 0.5) is 18.0 Å². The van der Waals surface area contributed by atoms with E-state index in [4.69, 9.17) is 0 Å². The predicted octanol–water partition coefficient (Wildman–Crippen LogP) is 2.21. The molecule has 0 bridgehead atoms. The third-order valence-electron chi connectivity index (χ3n) is 4.06. The number of nitrogens with zero attached hydrogens (tertiary/aromatic N) is 1. The lowest BCUT2D eigenvalue weighted by molar-refractivity contribution is -0.174. The highest BCUT2D eigenvalue weighted by Crippen LogP contribution is 2.35. The van der Waals surface area contributed by atoms with Gasteiger partial charge in [-0.25, -0.2) is 4.79 Å². The van der Waals surface area contributed by atoms with Crippen molar-refractivity contribution in [3.05, 3.63) is 0 Å². The molecule has 0 aromatic heterocycles. The standard InChI is InChI=1S/C13H19F3N2O3/c14-13(15,16)9-21-8-7-18-11(20)17-10(19)12(18)5-3-1-2-4-6-12/h1-9H2,(H,17,19,20). The lowest BCUT2D eigenvalue weighted by atomic mass is 9.89. The number of halogens is 3. The van der Waals surface area contributed by atoms with Gasteiger partial charge >= 0.3 is 12.2 Å². The molecule has 0 aromatic rings. The molecule has 1 saturated carbocycles. The third kappa shape index (κ3) is 3.66. The summed E-state index contributed by atoms with van der Waals surface area (Å²) in [5.74, 6) is -0.328. The fourth-order valence-corrected chi connectivity index (χ4v) is 3.07. The Bertz CT molecular complexity index is 404. The molecule has 21 heavy (non-hydrogen) atoms. The molecule has 1 spiro atoms. The molecule has 2 fully saturated rings. The molecule has 1 N–H and O–H groups in total. The highest BCUT2D eigenvalue weighted by atomic mass is 19.4. The van der Waals surface area contributed by atoms with Gasteiger partial charge < -0.3 is 9.64 Å². The summed E-state index contributed by atoms with van der Waals surface area (Å²) in [4.78, 5) is 25.4. The van der Waals surface area contributed by atoms with Crippen LogP contribution in [0.2, 0.25) is 0 Å². The fraction of sp³-hybridized carbons (Fsp3) is 0.846. The Kier molecular flexibility index (Phi) is 4.75. The minimum Gasteiger partial charge on any atom is -0.370 e. The Morgan fingerprint density at radius 2 is 1.76 bits per heavy atom. The molecule has 2 aliphatic rings. The van der Waals surface area contributed by atoms with E-state index >= 15 is 0 Å². The summed E-state index contributed by atoms with van der Waals surface area (Å²) in [6, 6.07) is -0.530. The number of alkyl halides is 3. The summed E-state index contributed by atoms with van der Waals surface area (Å²) >= 11 is 0. The highest BCUT2D eigenvalue weighted by molar-refractivity contribution is 6.07. The van der Waals surface area contributed by atoms with Gasteiger partial charge in [-0.3, -0.25) is 10.1 Å². The summed E-state index contributed by atoms with van der Waals surface area (Å²) in [5.41, 5.74) is -0.894. The number of nitrogens with one attached hydrogen (secondary N) is 1. The smallest absolute Gasteiger partial charge is 0.370 e. The van der Waals surface area contributed by atoms with Crippen molar-refractivity contribution < 1.29 is 27.5 Å². The van der Waals surface area contributed by atoms with Gasteiger partial charge in [0.15, 0.2) is 0 Å². The van der Waals surface area contributed by atoms with Crippen LogP contribution in [0.15, 0.2) is 0 Å². The van der Waals surface area contributed by atoms with Gasteiger partial charge in [0, 0.05) is 6.54 Å². The molecule has 5 nitrogen and oxygen atoms in total. The van der Waals surface area contributed by atoms with Gasteiger partial charge in [-0.15, -0.1) is 0 Å². The van der Waals surface area contributed by atoms with Crippen LogP contribution in [0.5, 0.6) is 0 Å². The van der Waals surface area contributed by atoms with Crippen LogP contribution in [-0.4, -0.2) is 48.3 Å². The predicted molar refractivity (Wildman–Crippen MR) is 67.6 cm³/mol. The molecule has 0 radical (unpaired) electrons. The van der Waals surface area contributed by atoms with Crippen molar-refractivity contribution in [2.24, 2.45) is 0 Å². The Labute approximate surface area is 120 Å². The monoisotopic (exact) mass is 308 g/mol. The maximum Gasteiger partial charge on any atom is 0.411 e. The first-order chi connectivity index (χ1) is 9.85. The maximum absolute atomic E-state index is 12.1. The van der Waals surface area contributed by atoms with Crippen molar-refractivity contribution >= 4 is 11.9 Å². The summed E-state index contributed by atoms with van der Waals surface area (Å²) in [5, 5.41) is 2.28. The van der Waals surface area contributed by atoms with Crippen LogP contribution >= 0.6 is 0 Å². The zero-order valence-corrected chi connectivity index (χ0v) is 11.7. The molecule has 3 amide bonds. The second-order valence-electron chi connectivity index (χ2n) is 5.52. The Morgan fingerprint density at radius 1 is 1.14 bits per heavy atom. The molecular formula is C13H19F3N2O3. The number of carbonyl (C=O) groups is 2. The summed E-state index contributed by atoms with van der Waals surface area (Å²) < 4.78 is 40.6. The Morgan fingerprint density at radius 3 is 2.33 bits per heavy atom. The van der Waals surface area contributed by atoms with Crippen molar-refractivity contribution in [1.29, 1.82) is 0 Å². The van der Waals surface area contributed by atoms with E-state index in [0.29, 0.717) is 12.8 Å². The number of rotatable bonds is 4. The van der Waals surface area contributed by atoms with E-state index in [0.717, 1.165) is 25.7 Å². The van der Waals surface area contributed by atoms with E-state index in [9.17, 15) is 22.8 Å². The van der Waals surface area contributed by atoms with Gasteiger partial charge in [-0.2, -0.15) is 13.2 Å². The second-order valence-corrected chi connectivity index (χ2v) is 5.52.